The Hall–Kier alpha value is -0.350. The second kappa shape index (κ2) is 3.16. The Morgan fingerprint density at radius 3 is 1.70 bits per heavy atom. The molecule has 0 aliphatic carbocycles. The van der Waals surface area contributed by atoms with Gasteiger partial charge >= 0.3 is 12.3 Å². The van der Waals surface area contributed by atoms with Gasteiger partial charge in [0.15, 0.2) is 0 Å². The van der Waals surface area contributed by atoms with Crippen LogP contribution in [0.3, 0.4) is 0 Å². The molecule has 0 aromatic heterocycles. The highest BCUT2D eigenvalue weighted by Crippen LogP contribution is 2.28. The van der Waals surface area contributed by atoms with Crippen LogP contribution in [0.5, 0.6) is 0 Å². The monoisotopic (exact) mass is 161 g/mol. The van der Waals surface area contributed by atoms with Gasteiger partial charge in [-0.15, -0.1) is 0 Å². The molecule has 0 heterocycles. The normalized spacial score (nSPS) is 15.9. The lowest BCUT2D eigenvalue weighted by Gasteiger charge is -2.14. The molecule has 0 N–H and O–H groups in total. The molecule has 0 spiro atoms. The van der Waals surface area contributed by atoms with Gasteiger partial charge in [-0.3, -0.25) is 0 Å². The van der Waals surface area contributed by atoms with Gasteiger partial charge in [0.2, 0.25) is 0 Å². The average Bonchev–Trinajstić information content (AvgIpc) is 1.60. The summed E-state index contributed by atoms with van der Waals surface area (Å²) >= 11 is 0. The van der Waals surface area contributed by atoms with Crippen molar-refractivity contribution in [1.82, 2.24) is 0 Å². The second-order valence-electron chi connectivity index (χ2n) is 1.86. The Morgan fingerprint density at radius 1 is 1.20 bits per heavy atom. The minimum atomic E-state index is -4.25. The molecular formula is C5H6F5. The van der Waals surface area contributed by atoms with Gasteiger partial charge in [0.05, 0.1) is 0 Å². The maximum atomic E-state index is 11.8. The smallest absolute Gasteiger partial charge is 0.247 e. The standard InChI is InChI=1S/C5H6F5/c1-3(6)2-5(9,10)4(7)8/h3-4H,1-2H2. The SMILES string of the molecule is [CH2]C(F)CC(F)(F)C(F)F. The van der Waals surface area contributed by atoms with Crippen molar-refractivity contribution in [2.45, 2.75) is 24.9 Å². The number of rotatable bonds is 3. The average molecular weight is 161 g/mol. The lowest BCUT2D eigenvalue weighted by atomic mass is 10.2. The summed E-state index contributed by atoms with van der Waals surface area (Å²) in [5, 5.41) is 0. The Labute approximate surface area is 55.0 Å². The summed E-state index contributed by atoms with van der Waals surface area (Å²) in [6.45, 7) is 2.53. The molecule has 0 fully saturated rings. The zero-order valence-electron chi connectivity index (χ0n) is 4.96. The Morgan fingerprint density at radius 2 is 1.60 bits per heavy atom. The molecule has 1 atom stereocenters. The molecule has 5 heteroatoms. The third kappa shape index (κ3) is 2.98. The summed E-state index contributed by atoms with van der Waals surface area (Å²) in [7, 11) is 0. The molecule has 1 radical (unpaired) electrons. The van der Waals surface area contributed by atoms with Crippen molar-refractivity contribution in [2.24, 2.45) is 0 Å². The Bertz CT molecular complexity index is 98.2. The third-order valence-corrected chi connectivity index (χ3v) is 0.813. The largest absolute Gasteiger partial charge is 0.310 e. The molecule has 0 saturated carbocycles. The van der Waals surface area contributed by atoms with Crippen LogP contribution in [-0.4, -0.2) is 18.5 Å². The number of halogens is 5. The molecule has 0 aromatic rings. The van der Waals surface area contributed by atoms with Gasteiger partial charge in [-0.05, 0) is 6.92 Å². The molecule has 0 aromatic carbocycles. The highest BCUT2D eigenvalue weighted by Gasteiger charge is 2.41. The quantitative estimate of drug-likeness (QED) is 0.557. The second-order valence-corrected chi connectivity index (χ2v) is 1.86. The predicted octanol–water partition coefficient (Wildman–Crippen LogP) is 2.45. The number of alkyl halides is 5. The molecular weight excluding hydrogens is 155 g/mol. The van der Waals surface area contributed by atoms with Crippen LogP contribution in [0, 0.1) is 6.92 Å². The van der Waals surface area contributed by atoms with E-state index in [1.54, 1.807) is 0 Å². The highest BCUT2D eigenvalue weighted by atomic mass is 19.3. The van der Waals surface area contributed by atoms with Gasteiger partial charge in [-0.25, -0.2) is 22.0 Å². The van der Waals surface area contributed by atoms with E-state index in [9.17, 15) is 22.0 Å². The van der Waals surface area contributed by atoms with E-state index in [0.717, 1.165) is 0 Å². The molecule has 0 aliphatic heterocycles. The zero-order valence-corrected chi connectivity index (χ0v) is 4.96. The van der Waals surface area contributed by atoms with Crippen molar-refractivity contribution in [1.29, 1.82) is 0 Å². The first-order valence-electron chi connectivity index (χ1n) is 2.49. The molecule has 0 aliphatic rings. The maximum Gasteiger partial charge on any atom is 0.310 e. The van der Waals surface area contributed by atoms with Crippen LogP contribution in [0.2, 0.25) is 0 Å². The molecule has 0 rings (SSSR count). The van der Waals surface area contributed by atoms with E-state index in [4.69, 9.17) is 0 Å². The van der Waals surface area contributed by atoms with Crippen LogP contribution in [0.1, 0.15) is 6.42 Å². The van der Waals surface area contributed by atoms with Gasteiger partial charge < -0.3 is 0 Å². The predicted molar refractivity (Wildman–Crippen MR) is 25.8 cm³/mol. The summed E-state index contributed by atoms with van der Waals surface area (Å²) < 4.78 is 57.6. The van der Waals surface area contributed by atoms with Crippen molar-refractivity contribution in [3.8, 4) is 0 Å². The fraction of sp³-hybridized carbons (Fsp3) is 0.800. The summed E-state index contributed by atoms with van der Waals surface area (Å²) in [4.78, 5) is 0. The minimum absolute atomic E-state index is 1.52. The van der Waals surface area contributed by atoms with Crippen LogP contribution < -0.4 is 0 Å². The van der Waals surface area contributed by atoms with Crippen LogP contribution in [0.4, 0.5) is 22.0 Å². The highest BCUT2D eigenvalue weighted by molar-refractivity contribution is 4.74. The van der Waals surface area contributed by atoms with Crippen LogP contribution in [-0.2, 0) is 0 Å². The van der Waals surface area contributed by atoms with Crippen molar-refractivity contribution in [2.75, 3.05) is 0 Å². The van der Waals surface area contributed by atoms with Crippen LogP contribution in [0.15, 0.2) is 0 Å². The molecule has 1 unspecified atom stereocenters. The maximum absolute atomic E-state index is 11.8. The fourth-order valence-corrected chi connectivity index (χ4v) is 0.384. The summed E-state index contributed by atoms with van der Waals surface area (Å²) in [5.41, 5.74) is 0. The van der Waals surface area contributed by atoms with Gasteiger partial charge in [-0.1, -0.05) is 0 Å². The van der Waals surface area contributed by atoms with Gasteiger partial charge in [0.1, 0.15) is 6.17 Å². The zero-order chi connectivity index (χ0) is 8.36. The van der Waals surface area contributed by atoms with Crippen molar-refractivity contribution in [3.05, 3.63) is 6.92 Å². The first-order valence-corrected chi connectivity index (χ1v) is 2.49. The minimum Gasteiger partial charge on any atom is -0.247 e. The molecule has 10 heavy (non-hydrogen) atoms. The van der Waals surface area contributed by atoms with Crippen molar-refractivity contribution >= 4 is 0 Å². The van der Waals surface area contributed by atoms with E-state index in [2.05, 4.69) is 6.92 Å². The van der Waals surface area contributed by atoms with Crippen molar-refractivity contribution in [3.63, 3.8) is 0 Å². The van der Waals surface area contributed by atoms with Crippen LogP contribution >= 0.6 is 0 Å². The molecule has 0 amide bonds. The van der Waals surface area contributed by atoms with E-state index in [1.807, 2.05) is 0 Å². The third-order valence-electron chi connectivity index (χ3n) is 0.813. The van der Waals surface area contributed by atoms with Crippen LogP contribution in [0.25, 0.3) is 0 Å². The van der Waals surface area contributed by atoms with Gasteiger partial charge in [0, 0.05) is 6.42 Å². The topological polar surface area (TPSA) is 0 Å². The molecule has 0 nitrogen and oxygen atoms in total. The lowest BCUT2D eigenvalue weighted by Crippen LogP contribution is -2.29. The molecule has 0 saturated heterocycles. The van der Waals surface area contributed by atoms with Gasteiger partial charge in [0.25, 0.3) is 0 Å². The van der Waals surface area contributed by atoms with Crippen molar-refractivity contribution < 1.29 is 22.0 Å². The fourth-order valence-electron chi connectivity index (χ4n) is 0.384. The van der Waals surface area contributed by atoms with E-state index >= 15 is 0 Å². The van der Waals surface area contributed by atoms with E-state index < -0.39 is 24.9 Å². The Balaban J connectivity index is 3.87. The van der Waals surface area contributed by atoms with E-state index in [-0.39, 0.29) is 0 Å². The summed E-state index contributed by atoms with van der Waals surface area (Å²) in [6.07, 6.45) is -7.48. The number of hydrogen-bond acceptors (Lipinski definition) is 0. The van der Waals surface area contributed by atoms with E-state index in [0.29, 0.717) is 0 Å². The molecule has 0 bridgehead atoms. The molecule has 61 valence electrons. The lowest BCUT2D eigenvalue weighted by molar-refractivity contribution is -0.139. The van der Waals surface area contributed by atoms with Gasteiger partial charge in [-0.2, -0.15) is 0 Å². The summed E-state index contributed by atoms with van der Waals surface area (Å²) in [6, 6.07) is 0. The Kier molecular flexibility index (Phi) is 3.05. The first kappa shape index (κ1) is 9.65. The van der Waals surface area contributed by atoms with E-state index in [1.165, 1.54) is 0 Å². The first-order chi connectivity index (χ1) is 4.36. The number of hydrogen-bond donors (Lipinski definition) is 0. The summed E-state index contributed by atoms with van der Waals surface area (Å²) in [5.74, 6) is -4.25.